The monoisotopic (exact) mass is 332 g/mol. The minimum atomic E-state index is -0.602. The number of benzene rings is 1. The molecule has 2 heterocycles. The smallest absolute Gasteiger partial charge is 0.121 e. The number of hydrogen-bond donors (Lipinski definition) is 3. The summed E-state index contributed by atoms with van der Waals surface area (Å²) >= 11 is 0. The molecule has 0 spiro atoms. The van der Waals surface area contributed by atoms with Crippen molar-refractivity contribution in [2.75, 3.05) is 39.8 Å². The first kappa shape index (κ1) is 17.2. The maximum Gasteiger partial charge on any atom is 0.121 e. The number of imidazole rings is 1. The van der Waals surface area contributed by atoms with Crippen molar-refractivity contribution in [2.24, 2.45) is 0 Å². The van der Waals surface area contributed by atoms with E-state index in [4.69, 9.17) is 4.74 Å². The van der Waals surface area contributed by atoms with E-state index in [1.165, 1.54) is 0 Å². The fraction of sp³-hybridized carbons (Fsp3) is 0.611. The quantitative estimate of drug-likeness (QED) is 0.717. The number of aromatic nitrogens is 2. The number of ether oxygens (including phenoxy) is 1. The Hall–Kier alpha value is -1.63. The van der Waals surface area contributed by atoms with Gasteiger partial charge in [-0.25, -0.2) is 4.98 Å². The van der Waals surface area contributed by atoms with E-state index in [2.05, 4.69) is 27.1 Å². The Morgan fingerprint density at radius 3 is 3.00 bits per heavy atom. The van der Waals surface area contributed by atoms with Crippen LogP contribution in [-0.4, -0.2) is 65.4 Å². The number of nitrogens with zero attached hydrogens (tertiary/aromatic N) is 2. The van der Waals surface area contributed by atoms with E-state index in [0.717, 1.165) is 61.5 Å². The van der Waals surface area contributed by atoms with Gasteiger partial charge in [0.25, 0.3) is 0 Å². The summed E-state index contributed by atoms with van der Waals surface area (Å²) in [5.74, 6) is 1.81. The first-order chi connectivity index (χ1) is 11.6. The number of nitrogens with one attached hydrogen (secondary N) is 2. The number of methoxy groups -OCH3 is 1. The number of H-pyrrole nitrogens is 1. The number of piperidine rings is 1. The number of hydrogen-bond acceptors (Lipinski definition) is 5. The van der Waals surface area contributed by atoms with Crippen molar-refractivity contribution in [3.05, 3.63) is 24.0 Å². The van der Waals surface area contributed by atoms with Gasteiger partial charge in [0.15, 0.2) is 0 Å². The molecule has 24 heavy (non-hydrogen) atoms. The molecular weight excluding hydrogens is 304 g/mol. The first-order valence-electron chi connectivity index (χ1n) is 8.80. The number of fused-ring (bicyclic) bond motifs is 1. The Balaban J connectivity index is 1.60. The van der Waals surface area contributed by atoms with Crippen LogP contribution in [0.4, 0.5) is 0 Å². The van der Waals surface area contributed by atoms with Gasteiger partial charge in [0.1, 0.15) is 11.6 Å². The second-order valence-corrected chi connectivity index (χ2v) is 6.69. The minimum absolute atomic E-state index is 0.602. The zero-order valence-corrected chi connectivity index (χ0v) is 14.6. The van der Waals surface area contributed by atoms with Gasteiger partial charge in [-0.15, -0.1) is 0 Å². The van der Waals surface area contributed by atoms with Crippen molar-refractivity contribution in [1.29, 1.82) is 0 Å². The molecular formula is C18H28N4O2. The van der Waals surface area contributed by atoms with Gasteiger partial charge in [-0.1, -0.05) is 6.92 Å². The van der Waals surface area contributed by atoms with E-state index >= 15 is 0 Å². The third-order valence-electron chi connectivity index (χ3n) is 4.82. The molecule has 1 aromatic heterocycles. The molecule has 6 heteroatoms. The van der Waals surface area contributed by atoms with E-state index in [1.54, 1.807) is 7.11 Å². The van der Waals surface area contributed by atoms with Crippen LogP contribution in [0.25, 0.3) is 11.0 Å². The largest absolute Gasteiger partial charge is 0.497 e. The average molecular weight is 332 g/mol. The molecule has 2 aromatic rings. The van der Waals surface area contributed by atoms with Crippen molar-refractivity contribution in [2.45, 2.75) is 31.8 Å². The summed E-state index contributed by atoms with van der Waals surface area (Å²) in [7, 11) is 1.67. The SMILES string of the molecule is CCN(CCc1nc2ccc(OC)cc2[nH]1)CC1(O)CCCNC1. The fourth-order valence-electron chi connectivity index (χ4n) is 3.40. The molecule has 132 valence electrons. The van der Waals surface area contributed by atoms with Crippen molar-refractivity contribution >= 4 is 11.0 Å². The third-order valence-corrected chi connectivity index (χ3v) is 4.82. The van der Waals surface area contributed by atoms with Crippen LogP contribution in [0.5, 0.6) is 5.75 Å². The molecule has 3 rings (SSSR count). The lowest BCUT2D eigenvalue weighted by atomic mass is 9.93. The van der Waals surface area contributed by atoms with Gasteiger partial charge in [0, 0.05) is 32.1 Å². The zero-order valence-electron chi connectivity index (χ0n) is 14.6. The van der Waals surface area contributed by atoms with E-state index in [1.807, 2.05) is 18.2 Å². The molecule has 0 aliphatic carbocycles. The van der Waals surface area contributed by atoms with Crippen molar-refractivity contribution in [3.8, 4) is 5.75 Å². The van der Waals surface area contributed by atoms with E-state index < -0.39 is 5.60 Å². The van der Waals surface area contributed by atoms with Gasteiger partial charge in [-0.3, -0.25) is 0 Å². The second kappa shape index (κ2) is 7.51. The molecule has 1 aliphatic rings. The number of likely N-dealkylation sites (N-methyl/N-ethyl adjacent to an activating group) is 1. The van der Waals surface area contributed by atoms with E-state index in [9.17, 15) is 5.11 Å². The lowest BCUT2D eigenvalue weighted by Gasteiger charge is -2.37. The summed E-state index contributed by atoms with van der Waals surface area (Å²) in [6.45, 7) is 6.37. The molecule has 1 atom stereocenters. The molecule has 0 amide bonds. The third kappa shape index (κ3) is 4.06. The Morgan fingerprint density at radius 2 is 2.29 bits per heavy atom. The molecule has 0 radical (unpaired) electrons. The summed E-state index contributed by atoms with van der Waals surface area (Å²) in [4.78, 5) is 10.3. The van der Waals surface area contributed by atoms with Crippen LogP contribution >= 0.6 is 0 Å². The van der Waals surface area contributed by atoms with Crippen LogP contribution < -0.4 is 10.1 Å². The first-order valence-corrected chi connectivity index (χ1v) is 8.80. The lowest BCUT2D eigenvalue weighted by Crippen LogP contribution is -2.53. The minimum Gasteiger partial charge on any atom is -0.497 e. The summed E-state index contributed by atoms with van der Waals surface area (Å²) in [6, 6.07) is 5.87. The lowest BCUT2D eigenvalue weighted by molar-refractivity contribution is -0.0141. The fourth-order valence-corrected chi connectivity index (χ4v) is 3.40. The number of rotatable bonds is 7. The highest BCUT2D eigenvalue weighted by atomic mass is 16.5. The molecule has 3 N–H and O–H groups in total. The van der Waals surface area contributed by atoms with Gasteiger partial charge in [0.05, 0.1) is 23.7 Å². The van der Waals surface area contributed by atoms with Crippen LogP contribution in [-0.2, 0) is 6.42 Å². The van der Waals surface area contributed by atoms with Gasteiger partial charge >= 0.3 is 0 Å². The van der Waals surface area contributed by atoms with Crippen molar-refractivity contribution < 1.29 is 9.84 Å². The maximum atomic E-state index is 10.7. The Morgan fingerprint density at radius 1 is 1.42 bits per heavy atom. The number of aromatic amines is 1. The standard InChI is InChI=1S/C18H28N4O2/c1-3-22(13-18(23)8-4-9-19-12-18)10-7-17-20-15-6-5-14(24-2)11-16(15)21-17/h5-6,11,19,23H,3-4,7-10,12-13H2,1-2H3,(H,20,21). The summed E-state index contributed by atoms with van der Waals surface area (Å²) in [5.41, 5.74) is 1.36. The van der Waals surface area contributed by atoms with Crippen LogP contribution in [0.15, 0.2) is 18.2 Å². The van der Waals surface area contributed by atoms with Crippen LogP contribution in [0.3, 0.4) is 0 Å². The topological polar surface area (TPSA) is 73.4 Å². The normalized spacial score (nSPS) is 21.5. The summed E-state index contributed by atoms with van der Waals surface area (Å²) < 4.78 is 5.25. The highest BCUT2D eigenvalue weighted by molar-refractivity contribution is 5.76. The predicted molar refractivity (Wildman–Crippen MR) is 95.5 cm³/mol. The molecule has 0 saturated carbocycles. The predicted octanol–water partition coefficient (Wildman–Crippen LogP) is 1.55. The number of aliphatic hydroxyl groups is 1. The van der Waals surface area contributed by atoms with Gasteiger partial charge in [-0.05, 0) is 38.1 Å². The van der Waals surface area contributed by atoms with Gasteiger partial charge < -0.3 is 25.0 Å². The molecule has 1 saturated heterocycles. The second-order valence-electron chi connectivity index (χ2n) is 6.69. The average Bonchev–Trinajstić information content (AvgIpc) is 3.01. The molecule has 1 aliphatic heterocycles. The molecule has 0 bridgehead atoms. The van der Waals surface area contributed by atoms with Crippen molar-refractivity contribution in [1.82, 2.24) is 20.2 Å². The Bertz CT molecular complexity index is 664. The highest BCUT2D eigenvalue weighted by Crippen LogP contribution is 2.20. The molecule has 1 aromatic carbocycles. The zero-order chi connectivity index (χ0) is 17.0. The van der Waals surface area contributed by atoms with Crippen LogP contribution in [0, 0.1) is 0 Å². The van der Waals surface area contributed by atoms with Crippen LogP contribution in [0.1, 0.15) is 25.6 Å². The number of β-amino-alcohol motifs (C(OH)–C–C–N with tert-alkyl or cyclic N) is 1. The summed E-state index contributed by atoms with van der Waals surface area (Å²) in [5, 5.41) is 14.0. The van der Waals surface area contributed by atoms with E-state index in [-0.39, 0.29) is 0 Å². The molecule has 6 nitrogen and oxygen atoms in total. The summed E-state index contributed by atoms with van der Waals surface area (Å²) in [6.07, 6.45) is 2.76. The van der Waals surface area contributed by atoms with Gasteiger partial charge in [-0.2, -0.15) is 0 Å². The molecule has 1 unspecified atom stereocenters. The Labute approximate surface area is 143 Å². The maximum absolute atomic E-state index is 10.7. The Kier molecular flexibility index (Phi) is 5.38. The van der Waals surface area contributed by atoms with Crippen LogP contribution in [0.2, 0.25) is 0 Å². The highest BCUT2D eigenvalue weighted by Gasteiger charge is 2.30. The van der Waals surface area contributed by atoms with Gasteiger partial charge in [0.2, 0.25) is 0 Å². The van der Waals surface area contributed by atoms with E-state index in [0.29, 0.717) is 13.1 Å². The van der Waals surface area contributed by atoms with Crippen molar-refractivity contribution in [3.63, 3.8) is 0 Å². The molecule has 1 fully saturated rings.